The van der Waals surface area contributed by atoms with E-state index in [0.29, 0.717) is 11.4 Å². The third-order valence-electron chi connectivity index (χ3n) is 4.97. The standard InChI is InChI=1S/C23H19ClN2O3/c1-29-20-12-6-16(7-13-20)22-14-21(15-2-8-18(24)9-3-15)25-26(22)19-10-4-17(5-11-19)23(27)28/h2-13,22H,14H2,1H3,(H,27,28). The van der Waals surface area contributed by atoms with Gasteiger partial charge in [0.25, 0.3) is 0 Å². The van der Waals surface area contributed by atoms with Gasteiger partial charge in [0.05, 0.1) is 30.1 Å². The maximum Gasteiger partial charge on any atom is 0.335 e. The van der Waals surface area contributed by atoms with Gasteiger partial charge in [-0.2, -0.15) is 5.10 Å². The van der Waals surface area contributed by atoms with E-state index in [4.69, 9.17) is 26.5 Å². The molecule has 0 bridgehead atoms. The number of carboxylic acids is 1. The second-order valence-electron chi connectivity index (χ2n) is 6.74. The highest BCUT2D eigenvalue weighted by Gasteiger charge is 2.30. The Labute approximate surface area is 173 Å². The second kappa shape index (κ2) is 7.97. The summed E-state index contributed by atoms with van der Waals surface area (Å²) in [5, 5.41) is 16.7. The fourth-order valence-corrected chi connectivity index (χ4v) is 3.53. The quantitative estimate of drug-likeness (QED) is 0.616. The van der Waals surface area contributed by atoms with Gasteiger partial charge in [-0.25, -0.2) is 4.79 Å². The maximum atomic E-state index is 11.2. The molecule has 1 aliphatic rings. The van der Waals surface area contributed by atoms with Crippen LogP contribution in [0.4, 0.5) is 5.69 Å². The van der Waals surface area contributed by atoms with Crippen molar-refractivity contribution in [2.24, 2.45) is 5.10 Å². The zero-order valence-electron chi connectivity index (χ0n) is 15.7. The number of hydrazone groups is 1. The predicted molar refractivity (Wildman–Crippen MR) is 114 cm³/mol. The highest BCUT2D eigenvalue weighted by Crippen LogP contribution is 2.37. The van der Waals surface area contributed by atoms with E-state index in [-0.39, 0.29) is 11.6 Å². The molecule has 0 fully saturated rings. The van der Waals surface area contributed by atoms with Gasteiger partial charge < -0.3 is 9.84 Å². The molecular weight excluding hydrogens is 388 g/mol. The van der Waals surface area contributed by atoms with Crippen LogP contribution in [0.1, 0.15) is 33.9 Å². The fraction of sp³-hybridized carbons (Fsp3) is 0.130. The highest BCUT2D eigenvalue weighted by atomic mass is 35.5. The summed E-state index contributed by atoms with van der Waals surface area (Å²) in [4.78, 5) is 11.2. The monoisotopic (exact) mass is 406 g/mol. The number of ether oxygens (including phenoxy) is 1. The molecule has 1 N–H and O–H groups in total. The molecule has 0 radical (unpaired) electrons. The van der Waals surface area contributed by atoms with Crippen LogP contribution in [0.3, 0.4) is 0 Å². The lowest BCUT2D eigenvalue weighted by Crippen LogP contribution is -2.18. The van der Waals surface area contributed by atoms with Crippen LogP contribution in [0.2, 0.25) is 5.02 Å². The topological polar surface area (TPSA) is 62.1 Å². The minimum absolute atomic E-state index is 0.0118. The van der Waals surface area contributed by atoms with Crippen LogP contribution in [0.5, 0.6) is 5.75 Å². The molecule has 0 spiro atoms. The number of anilines is 1. The summed E-state index contributed by atoms with van der Waals surface area (Å²) < 4.78 is 5.27. The van der Waals surface area contributed by atoms with Gasteiger partial charge in [0.15, 0.2) is 0 Å². The molecular formula is C23H19ClN2O3. The SMILES string of the molecule is COc1ccc(C2CC(c3ccc(Cl)cc3)=NN2c2ccc(C(=O)O)cc2)cc1. The molecule has 29 heavy (non-hydrogen) atoms. The van der Waals surface area contributed by atoms with Crippen LogP contribution in [0, 0.1) is 0 Å². The summed E-state index contributed by atoms with van der Waals surface area (Å²) in [5.41, 5.74) is 4.14. The summed E-state index contributed by atoms with van der Waals surface area (Å²) >= 11 is 6.03. The molecule has 3 aromatic carbocycles. The molecule has 1 aliphatic heterocycles. The Balaban J connectivity index is 1.72. The van der Waals surface area contributed by atoms with Gasteiger partial charge in [-0.3, -0.25) is 5.01 Å². The van der Waals surface area contributed by atoms with Crippen LogP contribution >= 0.6 is 11.6 Å². The smallest absolute Gasteiger partial charge is 0.335 e. The van der Waals surface area contributed by atoms with Crippen molar-refractivity contribution in [3.8, 4) is 5.75 Å². The van der Waals surface area contributed by atoms with Crippen molar-refractivity contribution in [2.45, 2.75) is 12.5 Å². The Kier molecular flexibility index (Phi) is 5.23. The highest BCUT2D eigenvalue weighted by molar-refractivity contribution is 6.30. The van der Waals surface area contributed by atoms with Crippen LogP contribution in [0.15, 0.2) is 77.9 Å². The first-order chi connectivity index (χ1) is 14.0. The maximum absolute atomic E-state index is 11.2. The van der Waals surface area contributed by atoms with E-state index in [0.717, 1.165) is 28.3 Å². The summed E-state index contributed by atoms with van der Waals surface area (Å²) in [6, 6.07) is 22.3. The molecule has 4 rings (SSSR count). The molecule has 1 heterocycles. The van der Waals surface area contributed by atoms with Crippen LogP contribution < -0.4 is 9.75 Å². The molecule has 0 aliphatic carbocycles. The number of carboxylic acid groups (broad SMARTS) is 1. The molecule has 0 aromatic heterocycles. The zero-order chi connectivity index (χ0) is 20.4. The Morgan fingerprint density at radius 2 is 1.69 bits per heavy atom. The van der Waals surface area contributed by atoms with Gasteiger partial charge in [-0.15, -0.1) is 0 Å². The van der Waals surface area contributed by atoms with Crippen molar-refractivity contribution in [3.05, 3.63) is 94.5 Å². The van der Waals surface area contributed by atoms with E-state index < -0.39 is 5.97 Å². The number of hydrogen-bond acceptors (Lipinski definition) is 4. The molecule has 0 saturated carbocycles. The van der Waals surface area contributed by atoms with E-state index in [1.807, 2.05) is 53.5 Å². The van der Waals surface area contributed by atoms with E-state index in [2.05, 4.69) is 0 Å². The number of nitrogens with zero attached hydrogens (tertiary/aromatic N) is 2. The summed E-state index contributed by atoms with van der Waals surface area (Å²) in [7, 11) is 1.64. The van der Waals surface area contributed by atoms with Crippen molar-refractivity contribution in [1.82, 2.24) is 0 Å². The average molecular weight is 407 g/mol. The lowest BCUT2D eigenvalue weighted by molar-refractivity contribution is 0.0697. The number of methoxy groups -OCH3 is 1. The molecule has 146 valence electrons. The Morgan fingerprint density at radius 3 is 2.28 bits per heavy atom. The van der Waals surface area contributed by atoms with Gasteiger partial charge in [-0.1, -0.05) is 35.9 Å². The largest absolute Gasteiger partial charge is 0.497 e. The van der Waals surface area contributed by atoms with Crippen LogP contribution in [-0.2, 0) is 0 Å². The lowest BCUT2D eigenvalue weighted by atomic mass is 9.98. The Hall–Kier alpha value is -3.31. The van der Waals surface area contributed by atoms with Gasteiger partial charge in [0.2, 0.25) is 0 Å². The molecule has 0 amide bonds. The van der Waals surface area contributed by atoms with E-state index in [9.17, 15) is 4.79 Å². The molecule has 1 unspecified atom stereocenters. The average Bonchev–Trinajstić information content (AvgIpc) is 3.20. The Morgan fingerprint density at radius 1 is 1.03 bits per heavy atom. The van der Waals surface area contributed by atoms with Crippen molar-refractivity contribution in [1.29, 1.82) is 0 Å². The van der Waals surface area contributed by atoms with Gasteiger partial charge in [0.1, 0.15) is 5.75 Å². The summed E-state index contributed by atoms with van der Waals surface area (Å²) in [6.07, 6.45) is 0.717. The third-order valence-corrected chi connectivity index (χ3v) is 5.22. The first-order valence-electron chi connectivity index (χ1n) is 9.15. The van der Waals surface area contributed by atoms with Crippen LogP contribution in [-0.4, -0.2) is 23.9 Å². The number of hydrogen-bond donors (Lipinski definition) is 1. The van der Waals surface area contributed by atoms with Crippen molar-refractivity contribution in [3.63, 3.8) is 0 Å². The predicted octanol–water partition coefficient (Wildman–Crippen LogP) is 5.40. The Bertz CT molecular complexity index is 1040. The molecule has 5 nitrogen and oxygen atoms in total. The minimum atomic E-state index is -0.949. The van der Waals surface area contributed by atoms with Crippen LogP contribution in [0.25, 0.3) is 0 Å². The van der Waals surface area contributed by atoms with E-state index in [1.165, 1.54) is 0 Å². The molecule has 0 saturated heterocycles. The third kappa shape index (κ3) is 3.96. The first-order valence-corrected chi connectivity index (χ1v) is 9.53. The number of carbonyl (C=O) groups is 1. The van der Waals surface area contributed by atoms with E-state index >= 15 is 0 Å². The fourth-order valence-electron chi connectivity index (χ4n) is 3.41. The second-order valence-corrected chi connectivity index (χ2v) is 7.18. The van der Waals surface area contributed by atoms with Gasteiger partial charge in [-0.05, 0) is 59.7 Å². The summed E-state index contributed by atoms with van der Waals surface area (Å²) in [6.45, 7) is 0. The van der Waals surface area contributed by atoms with Gasteiger partial charge >= 0.3 is 5.97 Å². The number of aromatic carboxylic acids is 1. The number of halogens is 1. The minimum Gasteiger partial charge on any atom is -0.497 e. The molecule has 6 heteroatoms. The van der Waals surface area contributed by atoms with Crippen molar-refractivity contribution in [2.75, 3.05) is 12.1 Å². The van der Waals surface area contributed by atoms with Gasteiger partial charge in [0, 0.05) is 11.4 Å². The first kappa shape index (κ1) is 19.0. The zero-order valence-corrected chi connectivity index (χ0v) is 16.5. The van der Waals surface area contributed by atoms with Crippen molar-refractivity contribution >= 4 is 29.0 Å². The number of rotatable bonds is 5. The normalized spacial score (nSPS) is 15.9. The summed E-state index contributed by atoms with van der Waals surface area (Å²) in [5.74, 6) is -0.155. The molecule has 1 atom stereocenters. The van der Waals surface area contributed by atoms with Crippen molar-refractivity contribution < 1.29 is 14.6 Å². The number of benzene rings is 3. The molecule has 3 aromatic rings. The van der Waals surface area contributed by atoms with E-state index in [1.54, 1.807) is 31.4 Å². The lowest BCUT2D eigenvalue weighted by Gasteiger charge is -2.24.